The second kappa shape index (κ2) is 12.1. The zero-order valence-electron chi connectivity index (χ0n) is 12.4. The van der Waals surface area contributed by atoms with Crippen molar-refractivity contribution in [2.24, 2.45) is 0 Å². The maximum Gasteiger partial charge on any atom is 0.305 e. The summed E-state index contributed by atoms with van der Waals surface area (Å²) in [5, 5.41) is 0. The molecule has 0 aliphatic heterocycles. The smallest absolute Gasteiger partial charge is 0.305 e. The van der Waals surface area contributed by atoms with E-state index in [0.717, 1.165) is 19.3 Å². The first-order valence-corrected chi connectivity index (χ1v) is 9.12. The van der Waals surface area contributed by atoms with E-state index in [0.29, 0.717) is 6.42 Å². The fourth-order valence-electron chi connectivity index (χ4n) is 1.90. The van der Waals surface area contributed by atoms with Gasteiger partial charge in [0.15, 0.2) is 0 Å². The van der Waals surface area contributed by atoms with Gasteiger partial charge in [-0.15, -0.1) is 0 Å². The number of carbonyl (C=O) groups is 1. The van der Waals surface area contributed by atoms with Crippen molar-refractivity contribution in [3.05, 3.63) is 0 Å². The molecule has 0 amide bonds. The third kappa shape index (κ3) is 15.4. The molecular weight excluding hydrogens is 280 g/mol. The summed E-state index contributed by atoms with van der Waals surface area (Å²) in [6, 6.07) is 0. The van der Waals surface area contributed by atoms with E-state index in [9.17, 15) is 17.8 Å². The zero-order valence-corrected chi connectivity index (χ0v) is 13.3. The van der Waals surface area contributed by atoms with E-state index in [4.69, 9.17) is 4.74 Å². The Bertz CT molecular complexity index is 337. The lowest BCUT2D eigenvalue weighted by Crippen LogP contribution is -2.10. The largest absolute Gasteiger partial charge is 0.748 e. The molecule has 0 atom stereocenters. The molecule has 6 heteroatoms. The van der Waals surface area contributed by atoms with Crippen LogP contribution in [-0.2, 0) is 19.6 Å². The average molecular weight is 307 g/mol. The third-order valence-electron chi connectivity index (χ3n) is 3.04. The number of unbranched alkanes of at least 4 members (excludes halogenated alkanes) is 7. The van der Waals surface area contributed by atoms with Gasteiger partial charge in [-0.05, 0) is 12.8 Å². The second-order valence-corrected chi connectivity index (χ2v) is 6.58. The van der Waals surface area contributed by atoms with E-state index >= 15 is 0 Å². The highest BCUT2D eigenvalue weighted by atomic mass is 32.2. The lowest BCUT2D eigenvalue weighted by molar-refractivity contribution is -0.143. The molecule has 0 saturated heterocycles. The van der Waals surface area contributed by atoms with Crippen molar-refractivity contribution >= 4 is 16.1 Å². The molecule has 0 fully saturated rings. The predicted molar refractivity (Wildman–Crippen MR) is 77.4 cm³/mol. The van der Waals surface area contributed by atoms with Crippen molar-refractivity contribution in [3.8, 4) is 0 Å². The molecule has 0 saturated carbocycles. The summed E-state index contributed by atoms with van der Waals surface area (Å²) >= 11 is 0. The third-order valence-corrected chi connectivity index (χ3v) is 3.82. The van der Waals surface area contributed by atoms with Crippen LogP contribution in [0, 0.1) is 0 Å². The minimum Gasteiger partial charge on any atom is -0.748 e. The van der Waals surface area contributed by atoms with Crippen LogP contribution in [0.4, 0.5) is 0 Å². The minimum atomic E-state index is -4.20. The molecular formula is C14H27O5S-. The lowest BCUT2D eigenvalue weighted by Gasteiger charge is -2.07. The molecule has 0 spiro atoms. The summed E-state index contributed by atoms with van der Waals surface area (Å²) < 4.78 is 35.8. The maximum absolute atomic E-state index is 11.3. The van der Waals surface area contributed by atoms with E-state index in [1.54, 1.807) is 0 Å². The molecule has 0 radical (unpaired) electrons. The van der Waals surface area contributed by atoms with Gasteiger partial charge in [0, 0.05) is 12.2 Å². The molecule has 0 N–H and O–H groups in total. The van der Waals surface area contributed by atoms with Crippen LogP contribution in [0.5, 0.6) is 0 Å². The van der Waals surface area contributed by atoms with Gasteiger partial charge in [0.1, 0.15) is 0 Å². The van der Waals surface area contributed by atoms with Gasteiger partial charge in [-0.1, -0.05) is 51.9 Å². The van der Waals surface area contributed by atoms with Crippen LogP contribution in [0.25, 0.3) is 0 Å². The number of hydrogen-bond donors (Lipinski definition) is 0. The molecule has 0 aliphatic carbocycles. The van der Waals surface area contributed by atoms with E-state index in [1.165, 1.54) is 32.1 Å². The highest BCUT2D eigenvalue weighted by Gasteiger charge is 2.03. The molecule has 0 aromatic rings. The first kappa shape index (κ1) is 19.4. The standard InChI is InChI=1S/C14H28O5S/c1-2-3-4-5-6-7-8-9-11-14(15)19-12-10-13-20(16,17)18/h2-13H2,1H3,(H,16,17,18)/p-1. The Kier molecular flexibility index (Phi) is 11.8. The summed E-state index contributed by atoms with van der Waals surface area (Å²) in [5.74, 6) is -0.780. The number of rotatable bonds is 13. The lowest BCUT2D eigenvalue weighted by atomic mass is 10.1. The molecule has 0 aliphatic rings. The molecule has 0 heterocycles. The summed E-state index contributed by atoms with van der Waals surface area (Å²) in [6.45, 7) is 2.20. The summed E-state index contributed by atoms with van der Waals surface area (Å²) in [6.07, 6.45) is 9.76. The second-order valence-electron chi connectivity index (χ2n) is 5.06. The van der Waals surface area contributed by atoms with Crippen LogP contribution >= 0.6 is 0 Å². The molecule has 20 heavy (non-hydrogen) atoms. The number of ether oxygens (including phenoxy) is 1. The van der Waals surface area contributed by atoms with Crippen LogP contribution in [0.15, 0.2) is 0 Å². The Hall–Kier alpha value is -0.620. The molecule has 0 aromatic carbocycles. The molecule has 0 bridgehead atoms. The van der Waals surface area contributed by atoms with Crippen molar-refractivity contribution in [1.29, 1.82) is 0 Å². The summed E-state index contributed by atoms with van der Waals surface area (Å²) in [5.41, 5.74) is 0. The summed E-state index contributed by atoms with van der Waals surface area (Å²) in [4.78, 5) is 11.3. The first-order chi connectivity index (χ1) is 9.45. The average Bonchev–Trinajstić information content (AvgIpc) is 2.37. The van der Waals surface area contributed by atoms with E-state index in [2.05, 4.69) is 6.92 Å². The molecule has 5 nitrogen and oxygen atoms in total. The van der Waals surface area contributed by atoms with E-state index < -0.39 is 15.9 Å². The Morgan fingerprint density at radius 1 is 0.950 bits per heavy atom. The maximum atomic E-state index is 11.3. The fraction of sp³-hybridized carbons (Fsp3) is 0.929. The topological polar surface area (TPSA) is 83.5 Å². The van der Waals surface area contributed by atoms with Gasteiger partial charge in [-0.25, -0.2) is 8.42 Å². The van der Waals surface area contributed by atoms with Crippen LogP contribution in [0.2, 0.25) is 0 Å². The van der Waals surface area contributed by atoms with Crippen molar-refractivity contribution < 1.29 is 22.5 Å². The molecule has 120 valence electrons. The van der Waals surface area contributed by atoms with Crippen molar-refractivity contribution in [1.82, 2.24) is 0 Å². The Morgan fingerprint density at radius 2 is 1.50 bits per heavy atom. The monoisotopic (exact) mass is 307 g/mol. The van der Waals surface area contributed by atoms with Crippen LogP contribution in [-0.4, -0.2) is 31.3 Å². The van der Waals surface area contributed by atoms with Crippen molar-refractivity contribution in [2.45, 2.75) is 71.1 Å². The van der Waals surface area contributed by atoms with Gasteiger partial charge < -0.3 is 9.29 Å². The van der Waals surface area contributed by atoms with Crippen molar-refractivity contribution in [3.63, 3.8) is 0 Å². The zero-order chi connectivity index (χ0) is 15.3. The van der Waals surface area contributed by atoms with Crippen molar-refractivity contribution in [2.75, 3.05) is 12.4 Å². The Morgan fingerprint density at radius 3 is 2.05 bits per heavy atom. The molecule has 0 aromatic heterocycles. The van der Waals surface area contributed by atoms with Gasteiger partial charge in [-0.3, -0.25) is 4.79 Å². The first-order valence-electron chi connectivity index (χ1n) is 7.55. The summed E-state index contributed by atoms with van der Waals surface area (Å²) in [7, 11) is -4.20. The van der Waals surface area contributed by atoms with E-state index in [-0.39, 0.29) is 19.0 Å². The molecule has 0 rings (SSSR count). The van der Waals surface area contributed by atoms with Gasteiger partial charge in [0.05, 0.1) is 16.7 Å². The SMILES string of the molecule is CCCCCCCCCCC(=O)OCCCS(=O)(=O)[O-]. The van der Waals surface area contributed by atoms with Crippen LogP contribution < -0.4 is 0 Å². The Labute approximate surface area is 122 Å². The fourth-order valence-corrected chi connectivity index (χ4v) is 2.37. The van der Waals surface area contributed by atoms with Crippen LogP contribution in [0.1, 0.15) is 71.1 Å². The highest BCUT2D eigenvalue weighted by Crippen LogP contribution is 2.09. The predicted octanol–water partition coefficient (Wildman–Crippen LogP) is 3.00. The number of esters is 1. The van der Waals surface area contributed by atoms with E-state index in [1.807, 2.05) is 0 Å². The van der Waals surface area contributed by atoms with Crippen LogP contribution in [0.3, 0.4) is 0 Å². The highest BCUT2D eigenvalue weighted by molar-refractivity contribution is 7.85. The normalized spacial score (nSPS) is 11.5. The minimum absolute atomic E-state index is 0.0112. The number of carbonyl (C=O) groups excluding carboxylic acids is 1. The van der Waals surface area contributed by atoms with Gasteiger partial charge in [0.2, 0.25) is 0 Å². The number of hydrogen-bond acceptors (Lipinski definition) is 5. The van der Waals surface area contributed by atoms with Gasteiger partial charge in [-0.2, -0.15) is 0 Å². The van der Waals surface area contributed by atoms with Gasteiger partial charge >= 0.3 is 5.97 Å². The Balaban J connectivity index is 3.29. The van der Waals surface area contributed by atoms with Gasteiger partial charge in [0.25, 0.3) is 0 Å². The quantitative estimate of drug-likeness (QED) is 0.297. The molecule has 0 unspecified atom stereocenters.